The van der Waals surface area contributed by atoms with E-state index >= 15 is 0 Å². The molecule has 5 rings (SSSR count). The Morgan fingerprint density at radius 2 is 1.73 bits per heavy atom. The van der Waals surface area contributed by atoms with Crippen LogP contribution in [-0.4, -0.2) is 76.1 Å². The van der Waals surface area contributed by atoms with E-state index in [9.17, 15) is 21.6 Å². The van der Waals surface area contributed by atoms with Gasteiger partial charge in [-0.15, -0.1) is 0 Å². The average molecular weight is 648 g/mol. The molecule has 13 heteroatoms. The smallest absolute Gasteiger partial charge is 0.406 e. The number of nitrogens with two attached hydrogens (primary N) is 1. The average Bonchev–Trinajstić information content (AvgIpc) is 3.35. The molecule has 2 fully saturated rings. The number of aromatic nitrogens is 1. The van der Waals surface area contributed by atoms with Gasteiger partial charge in [0.15, 0.2) is 0 Å². The number of anilines is 2. The molecule has 0 spiro atoms. The standard InChI is InChI=1S/C32H40F3N5O4S/c1-43-25-14-17-39(18-15-25)23-10-8-22(9-11-23)38-28-6-3-7-30-27(28)19-24(40(30)21-32(33,34)35)5-4-16-37-29-13-12-26(45(36,41)42)20-31(29)44-2/h3,6-7,12-13,19-20,22-23,25,37-38H,8-11,14-18,21H2,1-2H3,(H2,36,41,42)/t22-,23+. The number of nitrogens with one attached hydrogen (secondary N) is 2. The van der Waals surface area contributed by atoms with Gasteiger partial charge in [0.25, 0.3) is 0 Å². The maximum absolute atomic E-state index is 13.7. The van der Waals surface area contributed by atoms with Crippen molar-refractivity contribution in [2.75, 3.05) is 44.5 Å². The summed E-state index contributed by atoms with van der Waals surface area (Å²) in [6.45, 7) is 1.04. The minimum atomic E-state index is -4.43. The number of sulfonamides is 1. The van der Waals surface area contributed by atoms with E-state index in [0.717, 1.165) is 57.3 Å². The van der Waals surface area contributed by atoms with E-state index in [4.69, 9.17) is 14.6 Å². The third kappa shape index (κ3) is 8.24. The normalized spacial score (nSPS) is 20.0. The molecule has 4 N–H and O–H groups in total. The SMILES string of the molecule is COc1cc(S(N)(=O)=O)ccc1NCC#Cc1cc2c(N[C@H]3CC[C@@H](N4CCC(OC)CC4)CC3)cccc2n1CC(F)(F)F. The largest absolute Gasteiger partial charge is 0.495 e. The molecule has 2 aliphatic rings. The van der Waals surface area contributed by atoms with Crippen molar-refractivity contribution < 1.29 is 31.1 Å². The summed E-state index contributed by atoms with van der Waals surface area (Å²) in [6, 6.07) is 12.0. The van der Waals surface area contributed by atoms with Crippen molar-refractivity contribution in [2.24, 2.45) is 5.14 Å². The molecule has 1 saturated heterocycles. The number of piperidine rings is 1. The second-order valence-electron chi connectivity index (χ2n) is 11.7. The fourth-order valence-electron chi connectivity index (χ4n) is 6.41. The van der Waals surface area contributed by atoms with Gasteiger partial charge in [-0.1, -0.05) is 12.0 Å². The summed E-state index contributed by atoms with van der Waals surface area (Å²) in [7, 11) is -0.743. The van der Waals surface area contributed by atoms with E-state index in [2.05, 4.69) is 27.4 Å². The quantitative estimate of drug-likeness (QED) is 0.276. The number of likely N-dealkylation sites (tertiary alicyclic amines) is 1. The van der Waals surface area contributed by atoms with Gasteiger partial charge in [0.2, 0.25) is 10.0 Å². The van der Waals surface area contributed by atoms with Crippen LogP contribution in [0.4, 0.5) is 24.5 Å². The van der Waals surface area contributed by atoms with Gasteiger partial charge in [-0.2, -0.15) is 13.2 Å². The maximum atomic E-state index is 13.7. The van der Waals surface area contributed by atoms with E-state index in [0.29, 0.717) is 28.7 Å². The molecule has 0 amide bonds. The fourth-order valence-corrected chi connectivity index (χ4v) is 6.94. The van der Waals surface area contributed by atoms with E-state index < -0.39 is 22.7 Å². The lowest BCUT2D eigenvalue weighted by molar-refractivity contribution is -0.140. The summed E-state index contributed by atoms with van der Waals surface area (Å²) in [5.74, 6) is 6.04. The second kappa shape index (κ2) is 13.9. The molecule has 0 atom stereocenters. The van der Waals surface area contributed by atoms with Crippen LogP contribution in [0.15, 0.2) is 47.4 Å². The first kappa shape index (κ1) is 32.9. The predicted octanol–water partition coefficient (Wildman–Crippen LogP) is 5.16. The highest BCUT2D eigenvalue weighted by atomic mass is 32.2. The molecule has 0 unspecified atom stereocenters. The van der Waals surface area contributed by atoms with Gasteiger partial charge >= 0.3 is 6.18 Å². The summed E-state index contributed by atoms with van der Waals surface area (Å²) >= 11 is 0. The van der Waals surface area contributed by atoms with Gasteiger partial charge in [0, 0.05) is 49.4 Å². The Bertz CT molecular complexity index is 1650. The molecule has 2 aromatic carbocycles. The molecule has 244 valence electrons. The van der Waals surface area contributed by atoms with Gasteiger partial charge in [-0.05, 0) is 74.8 Å². The Morgan fingerprint density at radius 1 is 1.00 bits per heavy atom. The van der Waals surface area contributed by atoms with Crippen LogP contribution in [0.3, 0.4) is 0 Å². The number of halogens is 3. The summed E-state index contributed by atoms with van der Waals surface area (Å²) in [6.07, 6.45) is 2.21. The molecule has 0 radical (unpaired) electrons. The fraction of sp³-hybridized carbons (Fsp3) is 0.500. The van der Waals surface area contributed by atoms with Crippen LogP contribution in [0.25, 0.3) is 10.9 Å². The van der Waals surface area contributed by atoms with Crippen LogP contribution >= 0.6 is 0 Å². The third-order valence-corrected chi connectivity index (χ3v) is 9.66. The van der Waals surface area contributed by atoms with Crippen LogP contribution in [0, 0.1) is 11.8 Å². The van der Waals surface area contributed by atoms with Crippen molar-refractivity contribution in [3.05, 3.63) is 48.2 Å². The number of alkyl halides is 3. The summed E-state index contributed by atoms with van der Waals surface area (Å²) in [5.41, 5.74) is 1.98. The Morgan fingerprint density at radius 3 is 2.38 bits per heavy atom. The Labute approximate surface area is 262 Å². The summed E-state index contributed by atoms with van der Waals surface area (Å²) in [5, 5.41) is 12.5. The van der Waals surface area contributed by atoms with Crippen molar-refractivity contribution in [1.82, 2.24) is 9.47 Å². The molecule has 1 aromatic heterocycles. The number of hydrogen-bond donors (Lipinski definition) is 3. The zero-order chi connectivity index (χ0) is 32.2. The van der Waals surface area contributed by atoms with E-state index in [1.165, 1.54) is 29.9 Å². The molecule has 1 aliphatic carbocycles. The lowest BCUT2D eigenvalue weighted by Gasteiger charge is -2.40. The Balaban J connectivity index is 1.30. The monoisotopic (exact) mass is 647 g/mol. The molecule has 45 heavy (non-hydrogen) atoms. The molecular formula is C32H40F3N5O4S. The Hall–Kier alpha value is -3.44. The highest BCUT2D eigenvalue weighted by Gasteiger charge is 2.31. The van der Waals surface area contributed by atoms with E-state index in [-0.39, 0.29) is 28.9 Å². The number of rotatable bonds is 9. The molecule has 1 saturated carbocycles. The van der Waals surface area contributed by atoms with Crippen molar-refractivity contribution in [1.29, 1.82) is 0 Å². The van der Waals surface area contributed by atoms with Crippen molar-refractivity contribution in [3.8, 4) is 17.6 Å². The van der Waals surface area contributed by atoms with Crippen molar-refractivity contribution >= 4 is 32.3 Å². The second-order valence-corrected chi connectivity index (χ2v) is 13.2. The van der Waals surface area contributed by atoms with Gasteiger partial charge in [-0.25, -0.2) is 13.6 Å². The number of ether oxygens (including phenoxy) is 2. The number of primary sulfonamides is 1. The van der Waals surface area contributed by atoms with E-state index in [1.807, 2.05) is 6.07 Å². The first-order valence-corrected chi connectivity index (χ1v) is 16.7. The first-order chi connectivity index (χ1) is 21.4. The third-order valence-electron chi connectivity index (χ3n) is 8.75. The lowest BCUT2D eigenvalue weighted by atomic mass is 9.88. The lowest BCUT2D eigenvalue weighted by Crippen LogP contribution is -2.45. The predicted molar refractivity (Wildman–Crippen MR) is 169 cm³/mol. The Kier molecular flexibility index (Phi) is 10.2. The van der Waals surface area contributed by atoms with Crippen LogP contribution in [0.1, 0.15) is 44.2 Å². The zero-order valence-corrected chi connectivity index (χ0v) is 26.3. The number of fused-ring (bicyclic) bond motifs is 1. The minimum absolute atomic E-state index is 0.0795. The molecule has 0 bridgehead atoms. The summed E-state index contributed by atoms with van der Waals surface area (Å²) in [4.78, 5) is 2.48. The van der Waals surface area contributed by atoms with E-state index in [1.54, 1.807) is 25.3 Å². The van der Waals surface area contributed by atoms with Crippen LogP contribution in [0.2, 0.25) is 0 Å². The first-order valence-electron chi connectivity index (χ1n) is 15.1. The van der Waals surface area contributed by atoms with Crippen LogP contribution in [0.5, 0.6) is 5.75 Å². The molecule has 2 heterocycles. The number of hydrogen-bond acceptors (Lipinski definition) is 7. The van der Waals surface area contributed by atoms with Gasteiger partial charge in [-0.3, -0.25) is 0 Å². The van der Waals surface area contributed by atoms with Gasteiger partial charge in [0.1, 0.15) is 12.3 Å². The highest BCUT2D eigenvalue weighted by Crippen LogP contribution is 2.33. The van der Waals surface area contributed by atoms with Gasteiger partial charge < -0.3 is 29.6 Å². The molecule has 3 aromatic rings. The minimum Gasteiger partial charge on any atom is -0.495 e. The number of benzene rings is 2. The van der Waals surface area contributed by atoms with Gasteiger partial charge in [0.05, 0.1) is 41.6 Å². The van der Waals surface area contributed by atoms with Crippen molar-refractivity contribution in [3.63, 3.8) is 0 Å². The maximum Gasteiger partial charge on any atom is 0.406 e. The molecular weight excluding hydrogens is 607 g/mol. The number of methoxy groups -OCH3 is 2. The molecule has 1 aliphatic heterocycles. The van der Waals surface area contributed by atoms with Crippen molar-refractivity contribution in [2.45, 2.75) is 74.3 Å². The summed E-state index contributed by atoms with van der Waals surface area (Å²) < 4.78 is 76.3. The number of nitrogens with zero attached hydrogens (tertiary/aromatic N) is 2. The topological polar surface area (TPSA) is 111 Å². The molecule has 9 nitrogen and oxygen atoms in total. The van der Waals surface area contributed by atoms with Crippen LogP contribution in [-0.2, 0) is 21.3 Å². The zero-order valence-electron chi connectivity index (χ0n) is 25.5. The highest BCUT2D eigenvalue weighted by molar-refractivity contribution is 7.89. The van der Waals surface area contributed by atoms with Crippen LogP contribution < -0.4 is 20.5 Å².